The summed E-state index contributed by atoms with van der Waals surface area (Å²) in [6, 6.07) is 0. The number of hydrogen-bond acceptors (Lipinski definition) is 2. The van der Waals surface area contributed by atoms with Crippen LogP contribution in [0.15, 0.2) is 0 Å². The fourth-order valence-electron chi connectivity index (χ4n) is 3.35. The lowest BCUT2D eigenvalue weighted by atomic mass is 9.82. The van der Waals surface area contributed by atoms with Crippen LogP contribution in [0.4, 0.5) is 0 Å². The molecule has 0 aromatic carbocycles. The highest BCUT2D eigenvalue weighted by Crippen LogP contribution is 2.46. The van der Waals surface area contributed by atoms with E-state index < -0.39 is 0 Å². The number of nitrogens with zero attached hydrogens (tertiary/aromatic N) is 1. The first-order valence-corrected chi connectivity index (χ1v) is 6.85. The van der Waals surface area contributed by atoms with Gasteiger partial charge in [-0.2, -0.15) is 0 Å². The molecule has 0 saturated carbocycles. The number of alkyl halides is 1. The molecule has 2 bridgehead atoms. The van der Waals surface area contributed by atoms with Gasteiger partial charge in [-0.05, 0) is 12.8 Å². The summed E-state index contributed by atoms with van der Waals surface area (Å²) in [4.78, 5) is 2.63. The van der Waals surface area contributed by atoms with Gasteiger partial charge in [-0.1, -0.05) is 22.6 Å². The molecule has 3 heteroatoms. The van der Waals surface area contributed by atoms with Crippen molar-refractivity contribution in [3.8, 4) is 0 Å². The Labute approximate surface area is 93.1 Å². The quantitative estimate of drug-likeness (QED) is 0.565. The molecular formula is C10H16INO. The smallest absolute Gasteiger partial charge is 0.0624 e. The van der Waals surface area contributed by atoms with Gasteiger partial charge in [-0.25, -0.2) is 0 Å². The van der Waals surface area contributed by atoms with Crippen LogP contribution >= 0.6 is 22.6 Å². The predicted octanol–water partition coefficient (Wildman–Crippen LogP) is 1.53. The average molecular weight is 293 g/mol. The van der Waals surface area contributed by atoms with Crippen molar-refractivity contribution in [1.82, 2.24) is 4.90 Å². The molecule has 0 aromatic rings. The van der Waals surface area contributed by atoms with Gasteiger partial charge >= 0.3 is 0 Å². The van der Waals surface area contributed by atoms with Crippen LogP contribution in [0.1, 0.15) is 12.8 Å². The third-order valence-electron chi connectivity index (χ3n) is 3.93. The fraction of sp³-hybridized carbons (Fsp3) is 1.00. The third-order valence-corrected chi connectivity index (χ3v) is 4.41. The molecule has 4 unspecified atom stereocenters. The van der Waals surface area contributed by atoms with Crippen LogP contribution in [-0.2, 0) is 4.74 Å². The Hall–Kier alpha value is 0.650. The molecule has 74 valence electrons. The maximum absolute atomic E-state index is 5.94. The maximum Gasteiger partial charge on any atom is 0.0624 e. The van der Waals surface area contributed by atoms with Crippen molar-refractivity contribution >= 4 is 22.6 Å². The molecule has 0 aliphatic carbocycles. The van der Waals surface area contributed by atoms with Gasteiger partial charge in [0, 0.05) is 35.9 Å². The molecule has 3 heterocycles. The second-order valence-corrected chi connectivity index (χ2v) is 5.65. The van der Waals surface area contributed by atoms with E-state index in [1.807, 2.05) is 0 Å². The first kappa shape index (κ1) is 8.92. The minimum atomic E-state index is 0.634. The molecule has 4 atom stereocenters. The highest BCUT2D eigenvalue weighted by atomic mass is 127. The van der Waals surface area contributed by atoms with Crippen molar-refractivity contribution in [3.05, 3.63) is 0 Å². The van der Waals surface area contributed by atoms with Crippen LogP contribution in [0, 0.1) is 11.8 Å². The van der Waals surface area contributed by atoms with Crippen LogP contribution in [-0.4, -0.2) is 41.2 Å². The lowest BCUT2D eigenvalue weighted by Gasteiger charge is -2.18. The van der Waals surface area contributed by atoms with E-state index in [1.165, 1.54) is 36.9 Å². The molecule has 3 aliphatic heterocycles. The van der Waals surface area contributed by atoms with E-state index in [4.69, 9.17) is 4.74 Å². The van der Waals surface area contributed by atoms with Crippen molar-refractivity contribution in [2.24, 2.45) is 11.8 Å². The van der Waals surface area contributed by atoms with Gasteiger partial charge < -0.3 is 9.64 Å². The minimum Gasteiger partial charge on any atom is -0.374 e. The molecule has 0 radical (unpaired) electrons. The maximum atomic E-state index is 5.94. The lowest BCUT2D eigenvalue weighted by molar-refractivity contribution is 0.0715. The monoisotopic (exact) mass is 293 g/mol. The normalized spacial score (nSPS) is 48.7. The lowest BCUT2D eigenvalue weighted by Crippen LogP contribution is -2.26. The molecular weight excluding hydrogens is 277 g/mol. The molecule has 0 amide bonds. The summed E-state index contributed by atoms with van der Waals surface area (Å²) in [6.07, 6.45) is 3.94. The molecule has 13 heavy (non-hydrogen) atoms. The number of hydrogen-bond donors (Lipinski definition) is 0. The largest absolute Gasteiger partial charge is 0.374 e. The highest BCUT2D eigenvalue weighted by molar-refractivity contribution is 14.1. The van der Waals surface area contributed by atoms with Crippen LogP contribution in [0.2, 0.25) is 0 Å². The molecule has 0 N–H and O–H groups in total. The molecule has 3 saturated heterocycles. The average Bonchev–Trinajstić information content (AvgIpc) is 2.72. The van der Waals surface area contributed by atoms with Gasteiger partial charge in [-0.3, -0.25) is 0 Å². The van der Waals surface area contributed by atoms with Gasteiger partial charge in [0.05, 0.1) is 12.2 Å². The van der Waals surface area contributed by atoms with Crippen molar-refractivity contribution < 1.29 is 4.74 Å². The molecule has 3 rings (SSSR count). The van der Waals surface area contributed by atoms with Crippen LogP contribution < -0.4 is 0 Å². The summed E-state index contributed by atoms with van der Waals surface area (Å²) in [7, 11) is 0. The summed E-state index contributed by atoms with van der Waals surface area (Å²) in [5.41, 5.74) is 0. The second-order valence-electron chi connectivity index (χ2n) is 4.57. The zero-order chi connectivity index (χ0) is 8.84. The summed E-state index contributed by atoms with van der Waals surface area (Å²) in [5, 5.41) is 0. The summed E-state index contributed by atoms with van der Waals surface area (Å²) in [6.45, 7) is 3.91. The van der Waals surface area contributed by atoms with E-state index in [1.54, 1.807) is 0 Å². The molecule has 0 spiro atoms. The standard InChI is InChI=1S/C10H16INO/c11-3-4-12-5-7-8(6-12)10-2-1-9(7)13-10/h7-10H,1-6H2. The molecule has 3 fully saturated rings. The Kier molecular flexibility index (Phi) is 2.30. The minimum absolute atomic E-state index is 0.634. The van der Waals surface area contributed by atoms with E-state index in [0.29, 0.717) is 12.2 Å². The van der Waals surface area contributed by atoms with Crippen molar-refractivity contribution in [3.63, 3.8) is 0 Å². The molecule has 2 nitrogen and oxygen atoms in total. The van der Waals surface area contributed by atoms with Crippen molar-refractivity contribution in [2.75, 3.05) is 24.1 Å². The van der Waals surface area contributed by atoms with Crippen LogP contribution in [0.25, 0.3) is 0 Å². The Balaban J connectivity index is 1.69. The van der Waals surface area contributed by atoms with Gasteiger partial charge in [-0.15, -0.1) is 0 Å². The number of fused-ring (bicyclic) bond motifs is 5. The van der Waals surface area contributed by atoms with E-state index in [-0.39, 0.29) is 0 Å². The van der Waals surface area contributed by atoms with E-state index >= 15 is 0 Å². The Morgan fingerprint density at radius 1 is 1.15 bits per heavy atom. The van der Waals surface area contributed by atoms with Crippen molar-refractivity contribution in [2.45, 2.75) is 25.0 Å². The van der Waals surface area contributed by atoms with Gasteiger partial charge in [0.2, 0.25) is 0 Å². The Bertz CT molecular complexity index is 193. The number of rotatable bonds is 2. The summed E-state index contributed by atoms with van der Waals surface area (Å²) >= 11 is 2.47. The molecule has 3 aliphatic rings. The van der Waals surface area contributed by atoms with E-state index in [9.17, 15) is 0 Å². The fourth-order valence-corrected chi connectivity index (χ4v) is 4.03. The topological polar surface area (TPSA) is 12.5 Å². The van der Waals surface area contributed by atoms with Gasteiger partial charge in [0.1, 0.15) is 0 Å². The number of ether oxygens (including phenoxy) is 1. The number of likely N-dealkylation sites (tertiary alicyclic amines) is 1. The van der Waals surface area contributed by atoms with Crippen LogP contribution in [0.3, 0.4) is 0 Å². The second kappa shape index (κ2) is 3.35. The highest BCUT2D eigenvalue weighted by Gasteiger charge is 2.52. The zero-order valence-corrected chi connectivity index (χ0v) is 9.94. The van der Waals surface area contributed by atoms with Crippen LogP contribution in [0.5, 0.6) is 0 Å². The SMILES string of the molecule is ICCN1CC2C3CCC(O3)C2C1. The number of halogens is 1. The van der Waals surface area contributed by atoms with E-state index in [2.05, 4.69) is 27.5 Å². The Morgan fingerprint density at radius 2 is 1.77 bits per heavy atom. The predicted molar refractivity (Wildman–Crippen MR) is 60.2 cm³/mol. The first-order chi connectivity index (χ1) is 6.38. The third kappa shape index (κ3) is 1.35. The summed E-state index contributed by atoms with van der Waals surface area (Å²) in [5.74, 6) is 1.78. The van der Waals surface area contributed by atoms with Crippen molar-refractivity contribution in [1.29, 1.82) is 0 Å². The van der Waals surface area contributed by atoms with E-state index in [0.717, 1.165) is 11.8 Å². The molecule has 0 aromatic heterocycles. The summed E-state index contributed by atoms with van der Waals surface area (Å²) < 4.78 is 7.21. The van der Waals surface area contributed by atoms with Gasteiger partial charge in [0.15, 0.2) is 0 Å². The first-order valence-electron chi connectivity index (χ1n) is 5.32. The Morgan fingerprint density at radius 3 is 2.31 bits per heavy atom. The van der Waals surface area contributed by atoms with Gasteiger partial charge in [0.25, 0.3) is 0 Å². The zero-order valence-electron chi connectivity index (χ0n) is 7.79.